The zero-order valence-electron chi connectivity index (χ0n) is 13.6. The summed E-state index contributed by atoms with van der Waals surface area (Å²) in [5, 5.41) is 20.4. The number of hydrogen-bond acceptors (Lipinski definition) is 6. The van der Waals surface area contributed by atoms with Crippen LogP contribution in [-0.2, 0) is 26.1 Å². The molecular formula is C16H18N4NiO4. The van der Waals surface area contributed by atoms with Gasteiger partial charge in [-0.05, 0) is 38.1 Å². The maximum Gasteiger partial charge on any atom is 2.00 e. The molecule has 0 amide bonds. The topological polar surface area (TPSA) is 137 Å². The number of carboxylic acid groups (broad SMARTS) is 2. The number of carboxylic acids is 2. The number of aliphatic carboxylic acids is 2. The molecule has 25 heavy (non-hydrogen) atoms. The molecule has 0 fully saturated rings. The SMILES string of the molecule is C[C@H](N=Cc1ccc[nH]1)C(=O)[O-].C[C@H](N=Cc1ccc[nH]1)C(=O)[O-].[Ni+2]. The molecule has 0 aromatic carbocycles. The van der Waals surface area contributed by atoms with Gasteiger partial charge in [-0.1, -0.05) is 0 Å². The van der Waals surface area contributed by atoms with Gasteiger partial charge in [0.15, 0.2) is 0 Å². The van der Waals surface area contributed by atoms with E-state index in [2.05, 4.69) is 20.0 Å². The van der Waals surface area contributed by atoms with Crippen molar-refractivity contribution in [1.29, 1.82) is 0 Å². The van der Waals surface area contributed by atoms with Gasteiger partial charge in [-0.3, -0.25) is 9.98 Å². The van der Waals surface area contributed by atoms with Gasteiger partial charge in [0.05, 0.1) is 35.4 Å². The second-order valence-corrected chi connectivity index (χ2v) is 4.80. The van der Waals surface area contributed by atoms with Crippen molar-refractivity contribution >= 4 is 24.4 Å². The van der Waals surface area contributed by atoms with Crippen LogP contribution in [0.4, 0.5) is 0 Å². The molecule has 9 heteroatoms. The number of nitrogens with one attached hydrogen (secondary N) is 2. The van der Waals surface area contributed by atoms with Crippen molar-refractivity contribution in [3.63, 3.8) is 0 Å². The van der Waals surface area contributed by atoms with Crippen LogP contribution in [0.2, 0.25) is 0 Å². The van der Waals surface area contributed by atoms with E-state index in [-0.39, 0.29) is 16.5 Å². The second kappa shape index (κ2) is 11.8. The standard InChI is InChI=1S/2C8H10N2O2.Ni/c2*1-6(8(11)12)10-5-7-3-2-4-9-7;/h2*2-6,9H,1H3,(H,11,12);/q;;+2/p-2/t2*6-;/m00./s1. The molecule has 0 saturated heterocycles. The summed E-state index contributed by atoms with van der Waals surface area (Å²) in [4.78, 5) is 33.7. The predicted molar refractivity (Wildman–Crippen MR) is 85.7 cm³/mol. The van der Waals surface area contributed by atoms with Crippen LogP contribution in [0.5, 0.6) is 0 Å². The van der Waals surface area contributed by atoms with Crippen molar-refractivity contribution in [3.05, 3.63) is 48.0 Å². The van der Waals surface area contributed by atoms with E-state index < -0.39 is 24.0 Å². The molecule has 8 nitrogen and oxygen atoms in total. The summed E-state index contributed by atoms with van der Waals surface area (Å²) < 4.78 is 0. The Labute approximate surface area is 155 Å². The minimum Gasteiger partial charge on any atom is -0.548 e. The summed E-state index contributed by atoms with van der Waals surface area (Å²) >= 11 is 0. The van der Waals surface area contributed by atoms with Crippen molar-refractivity contribution in [2.75, 3.05) is 0 Å². The molecule has 2 aromatic rings. The van der Waals surface area contributed by atoms with Crippen LogP contribution < -0.4 is 10.2 Å². The maximum atomic E-state index is 10.2. The van der Waals surface area contributed by atoms with Gasteiger partial charge in [-0.15, -0.1) is 0 Å². The van der Waals surface area contributed by atoms with Gasteiger partial charge in [0.2, 0.25) is 0 Å². The van der Waals surface area contributed by atoms with E-state index in [1.807, 2.05) is 12.1 Å². The minimum absolute atomic E-state index is 0. The van der Waals surface area contributed by atoms with E-state index in [0.29, 0.717) is 0 Å². The monoisotopic (exact) mass is 388 g/mol. The zero-order chi connectivity index (χ0) is 17.9. The molecule has 0 aliphatic carbocycles. The van der Waals surface area contributed by atoms with Crippen LogP contribution in [0.3, 0.4) is 0 Å². The van der Waals surface area contributed by atoms with Crippen molar-refractivity contribution in [2.24, 2.45) is 9.98 Å². The summed E-state index contributed by atoms with van der Waals surface area (Å²) in [6, 6.07) is 5.62. The van der Waals surface area contributed by atoms with Crippen molar-refractivity contribution in [2.45, 2.75) is 25.9 Å². The van der Waals surface area contributed by atoms with Crippen LogP contribution in [0.25, 0.3) is 0 Å². The van der Waals surface area contributed by atoms with Crippen LogP contribution in [0.1, 0.15) is 25.2 Å². The van der Waals surface area contributed by atoms with Gasteiger partial charge < -0.3 is 29.8 Å². The van der Waals surface area contributed by atoms with E-state index in [0.717, 1.165) is 11.4 Å². The fourth-order valence-corrected chi connectivity index (χ4v) is 1.35. The zero-order valence-corrected chi connectivity index (χ0v) is 14.6. The third-order valence-corrected chi connectivity index (χ3v) is 2.80. The molecule has 0 aliphatic heterocycles. The van der Waals surface area contributed by atoms with Crippen LogP contribution in [-0.4, -0.2) is 46.4 Å². The fourth-order valence-electron chi connectivity index (χ4n) is 1.35. The fraction of sp³-hybridized carbons (Fsp3) is 0.250. The quantitative estimate of drug-likeness (QED) is 0.491. The third-order valence-electron chi connectivity index (χ3n) is 2.80. The van der Waals surface area contributed by atoms with Gasteiger partial charge in [0.25, 0.3) is 0 Å². The summed E-state index contributed by atoms with van der Waals surface area (Å²) in [6.45, 7) is 2.93. The molecule has 2 heterocycles. The number of aliphatic imine (C=N–C) groups is 2. The van der Waals surface area contributed by atoms with Gasteiger partial charge in [-0.25, -0.2) is 0 Å². The van der Waals surface area contributed by atoms with Crippen molar-refractivity contribution in [1.82, 2.24) is 9.97 Å². The number of hydrogen-bond donors (Lipinski definition) is 2. The summed E-state index contributed by atoms with van der Waals surface area (Å²) in [5.41, 5.74) is 1.56. The van der Waals surface area contributed by atoms with Crippen LogP contribution in [0.15, 0.2) is 46.6 Å². The molecule has 136 valence electrons. The molecule has 0 bridgehead atoms. The smallest absolute Gasteiger partial charge is 0.548 e. The molecule has 0 radical (unpaired) electrons. The molecule has 2 atom stereocenters. The Bertz CT molecular complexity index is 621. The largest absolute Gasteiger partial charge is 2.00 e. The predicted octanol–water partition coefficient (Wildman–Crippen LogP) is -0.858. The number of aromatic nitrogens is 2. The number of nitrogens with zero attached hydrogens (tertiary/aromatic N) is 2. The first-order valence-corrected chi connectivity index (χ1v) is 7.15. The van der Waals surface area contributed by atoms with Gasteiger partial charge in [-0.2, -0.15) is 0 Å². The summed E-state index contributed by atoms with van der Waals surface area (Å²) in [7, 11) is 0. The Morgan fingerprint density at radius 3 is 1.52 bits per heavy atom. The number of H-pyrrole nitrogens is 2. The Balaban J connectivity index is 0.000000443. The van der Waals surface area contributed by atoms with E-state index in [1.54, 1.807) is 24.5 Å². The molecule has 0 saturated carbocycles. The molecule has 0 aliphatic rings. The Morgan fingerprint density at radius 2 is 1.28 bits per heavy atom. The van der Waals surface area contributed by atoms with Crippen LogP contribution >= 0.6 is 0 Å². The second-order valence-electron chi connectivity index (χ2n) is 4.80. The van der Waals surface area contributed by atoms with E-state index >= 15 is 0 Å². The summed E-state index contributed by atoms with van der Waals surface area (Å²) in [5.74, 6) is -2.34. The first-order chi connectivity index (χ1) is 11.4. The number of rotatable bonds is 6. The average molecular weight is 389 g/mol. The van der Waals surface area contributed by atoms with Gasteiger partial charge in [0, 0.05) is 24.8 Å². The average Bonchev–Trinajstić information content (AvgIpc) is 3.23. The molecular weight excluding hydrogens is 371 g/mol. The van der Waals surface area contributed by atoms with Gasteiger partial charge >= 0.3 is 16.5 Å². The van der Waals surface area contributed by atoms with Gasteiger partial charge in [0.1, 0.15) is 0 Å². The maximum absolute atomic E-state index is 10.2. The molecule has 2 N–H and O–H groups in total. The molecule has 2 aromatic heterocycles. The van der Waals surface area contributed by atoms with Crippen LogP contribution in [0, 0.1) is 0 Å². The van der Waals surface area contributed by atoms with Crippen molar-refractivity contribution < 1.29 is 36.3 Å². The van der Waals surface area contributed by atoms with E-state index in [9.17, 15) is 19.8 Å². The Kier molecular flexibility index (Phi) is 10.5. The molecule has 0 spiro atoms. The number of aromatic amines is 2. The third kappa shape index (κ3) is 9.27. The summed E-state index contributed by atoms with van der Waals surface area (Å²) in [6.07, 6.45) is 6.43. The minimum atomic E-state index is -1.17. The first kappa shape index (κ1) is 22.3. The molecule has 0 unspecified atom stereocenters. The van der Waals surface area contributed by atoms with Crippen molar-refractivity contribution in [3.8, 4) is 0 Å². The van der Waals surface area contributed by atoms with E-state index in [1.165, 1.54) is 26.3 Å². The molecule has 2 rings (SSSR count). The number of carbonyl (C=O) groups excluding carboxylic acids is 2. The number of carbonyl (C=O) groups is 2. The Morgan fingerprint density at radius 1 is 0.920 bits per heavy atom. The van der Waals surface area contributed by atoms with E-state index in [4.69, 9.17) is 0 Å². The Hall–Kier alpha value is -2.67. The first-order valence-electron chi connectivity index (χ1n) is 7.15. The normalized spacial score (nSPS) is 12.9.